The summed E-state index contributed by atoms with van der Waals surface area (Å²) in [5.74, 6) is 0.738. The topological polar surface area (TPSA) is 104 Å². The van der Waals surface area contributed by atoms with E-state index >= 15 is 0 Å². The standard InChI is InChI=1S/C29H32FN7O/c30-24-4-1-3-22(18-24)27-5-2-11-37(27)28(32)8-9-29-34-20-26(35-29)21-6-7-25(23(17-21)19-31)33-10-12-36-13-15-38-16-14-36/h1,3-4,6-9,17-18,20,27,32-33H,2,5,10-16H2,(H,34,35). The summed E-state index contributed by atoms with van der Waals surface area (Å²) in [6.07, 6.45) is 7.09. The highest BCUT2D eigenvalue weighted by Gasteiger charge is 2.27. The highest BCUT2D eigenvalue weighted by atomic mass is 19.1. The van der Waals surface area contributed by atoms with E-state index in [-0.39, 0.29) is 11.9 Å². The molecule has 196 valence electrons. The molecule has 1 atom stereocenters. The van der Waals surface area contributed by atoms with Crippen LogP contribution in [0.4, 0.5) is 10.1 Å². The summed E-state index contributed by atoms with van der Waals surface area (Å²) in [6, 6.07) is 14.7. The third-order valence-electron chi connectivity index (χ3n) is 7.09. The largest absolute Gasteiger partial charge is 0.383 e. The summed E-state index contributed by atoms with van der Waals surface area (Å²) in [7, 11) is 0. The van der Waals surface area contributed by atoms with E-state index in [9.17, 15) is 9.65 Å². The van der Waals surface area contributed by atoms with Crippen molar-refractivity contribution in [2.75, 3.05) is 51.3 Å². The van der Waals surface area contributed by atoms with Crippen molar-refractivity contribution in [1.29, 1.82) is 10.7 Å². The number of anilines is 1. The van der Waals surface area contributed by atoms with E-state index in [1.54, 1.807) is 30.5 Å². The zero-order chi connectivity index (χ0) is 26.3. The number of hydrogen-bond acceptors (Lipinski definition) is 6. The third kappa shape index (κ3) is 6.10. The number of imidazole rings is 1. The summed E-state index contributed by atoms with van der Waals surface area (Å²) in [5, 5.41) is 21.7. The van der Waals surface area contributed by atoms with Crippen molar-refractivity contribution in [3.8, 4) is 17.3 Å². The number of aromatic nitrogens is 2. The van der Waals surface area contributed by atoms with E-state index in [0.717, 1.165) is 81.3 Å². The van der Waals surface area contributed by atoms with Gasteiger partial charge in [0.2, 0.25) is 0 Å². The van der Waals surface area contributed by atoms with Crippen LogP contribution in [0.2, 0.25) is 0 Å². The minimum Gasteiger partial charge on any atom is -0.383 e. The first-order valence-corrected chi connectivity index (χ1v) is 13.0. The second-order valence-corrected chi connectivity index (χ2v) is 9.56. The van der Waals surface area contributed by atoms with Crippen LogP contribution in [0.3, 0.4) is 0 Å². The molecule has 2 aliphatic heterocycles. The number of nitriles is 1. The molecule has 0 amide bonds. The molecule has 0 spiro atoms. The molecular weight excluding hydrogens is 481 g/mol. The minimum atomic E-state index is -0.254. The Bertz CT molecular complexity index is 1340. The van der Waals surface area contributed by atoms with Gasteiger partial charge in [0.05, 0.1) is 42.4 Å². The van der Waals surface area contributed by atoms with Gasteiger partial charge in [0, 0.05) is 38.3 Å². The Kier molecular flexibility index (Phi) is 8.12. The lowest BCUT2D eigenvalue weighted by Crippen LogP contribution is -2.39. The van der Waals surface area contributed by atoms with Crippen LogP contribution in [-0.2, 0) is 4.74 Å². The van der Waals surface area contributed by atoms with Crippen LogP contribution in [0.5, 0.6) is 0 Å². The van der Waals surface area contributed by atoms with Gasteiger partial charge in [0.25, 0.3) is 0 Å². The molecule has 9 heteroatoms. The number of rotatable bonds is 8. The first-order chi connectivity index (χ1) is 18.6. The summed E-state index contributed by atoms with van der Waals surface area (Å²) in [5.41, 5.74) is 3.96. The Labute approximate surface area is 222 Å². The Morgan fingerprint density at radius 3 is 2.92 bits per heavy atom. The molecule has 3 N–H and O–H groups in total. The van der Waals surface area contributed by atoms with Crippen LogP contribution < -0.4 is 5.32 Å². The van der Waals surface area contributed by atoms with Crippen molar-refractivity contribution in [2.45, 2.75) is 18.9 Å². The van der Waals surface area contributed by atoms with Crippen molar-refractivity contribution in [2.24, 2.45) is 0 Å². The summed E-state index contributed by atoms with van der Waals surface area (Å²) >= 11 is 0. The van der Waals surface area contributed by atoms with Gasteiger partial charge in [-0.15, -0.1) is 0 Å². The van der Waals surface area contributed by atoms with Crippen molar-refractivity contribution < 1.29 is 9.13 Å². The number of morpholine rings is 1. The van der Waals surface area contributed by atoms with Gasteiger partial charge < -0.3 is 19.9 Å². The molecule has 1 aromatic heterocycles. The first kappa shape index (κ1) is 25.6. The van der Waals surface area contributed by atoms with Gasteiger partial charge in [-0.3, -0.25) is 10.3 Å². The summed E-state index contributed by atoms with van der Waals surface area (Å²) in [4.78, 5) is 12.1. The zero-order valence-electron chi connectivity index (χ0n) is 21.3. The average Bonchev–Trinajstić information content (AvgIpc) is 3.63. The van der Waals surface area contributed by atoms with Crippen molar-refractivity contribution in [3.63, 3.8) is 0 Å². The fourth-order valence-electron chi connectivity index (χ4n) is 5.07. The average molecular weight is 514 g/mol. The molecule has 8 nitrogen and oxygen atoms in total. The second-order valence-electron chi connectivity index (χ2n) is 9.56. The van der Waals surface area contributed by atoms with Crippen molar-refractivity contribution in [3.05, 3.63) is 77.5 Å². The number of H-pyrrole nitrogens is 1. The fourth-order valence-corrected chi connectivity index (χ4v) is 5.07. The van der Waals surface area contributed by atoms with Crippen LogP contribution in [0.25, 0.3) is 17.3 Å². The Balaban J connectivity index is 1.21. The molecule has 38 heavy (non-hydrogen) atoms. The highest BCUT2D eigenvalue weighted by Crippen LogP contribution is 2.32. The predicted molar refractivity (Wildman–Crippen MR) is 146 cm³/mol. The number of hydrogen-bond donors (Lipinski definition) is 3. The van der Waals surface area contributed by atoms with Gasteiger partial charge in [-0.05, 0) is 54.8 Å². The fraction of sp³-hybridized carbons (Fsp3) is 0.345. The SMILES string of the molecule is N#Cc1cc(-c2cnc(C=CC(=N)N3CCCC3c3cccc(F)c3)[nH]2)ccc1NCCN1CCOCC1. The van der Waals surface area contributed by atoms with Crippen LogP contribution in [0, 0.1) is 22.6 Å². The number of nitrogens with zero attached hydrogens (tertiary/aromatic N) is 4. The van der Waals surface area contributed by atoms with Crippen LogP contribution in [0.1, 0.15) is 35.8 Å². The molecule has 5 rings (SSSR count). The lowest BCUT2D eigenvalue weighted by atomic mass is 10.0. The number of nitrogens with one attached hydrogen (secondary N) is 3. The van der Waals surface area contributed by atoms with E-state index in [0.29, 0.717) is 17.2 Å². The molecular formula is C29H32FN7O. The van der Waals surface area contributed by atoms with Crippen molar-refractivity contribution >= 4 is 17.6 Å². The normalized spacial score (nSPS) is 18.1. The number of ether oxygens (including phenoxy) is 1. The third-order valence-corrected chi connectivity index (χ3v) is 7.09. The number of halogens is 1. The second kappa shape index (κ2) is 12.0. The van der Waals surface area contributed by atoms with Gasteiger partial charge >= 0.3 is 0 Å². The molecule has 0 saturated carbocycles. The van der Waals surface area contributed by atoms with E-state index in [4.69, 9.17) is 10.1 Å². The molecule has 3 aromatic rings. The molecule has 2 fully saturated rings. The smallest absolute Gasteiger partial charge is 0.130 e. The maximum atomic E-state index is 13.7. The molecule has 0 aliphatic carbocycles. The molecule has 1 unspecified atom stereocenters. The zero-order valence-corrected chi connectivity index (χ0v) is 21.3. The van der Waals surface area contributed by atoms with E-state index in [1.165, 1.54) is 6.07 Å². The number of amidine groups is 1. The maximum absolute atomic E-state index is 13.7. The van der Waals surface area contributed by atoms with Gasteiger partial charge in [-0.2, -0.15) is 5.26 Å². The predicted octanol–water partition coefficient (Wildman–Crippen LogP) is 4.66. The summed E-state index contributed by atoms with van der Waals surface area (Å²) < 4.78 is 19.1. The Hall–Kier alpha value is -4.00. The number of aromatic amines is 1. The first-order valence-electron chi connectivity index (χ1n) is 13.0. The molecule has 0 bridgehead atoms. The van der Waals surface area contributed by atoms with Crippen molar-refractivity contribution in [1.82, 2.24) is 19.8 Å². The maximum Gasteiger partial charge on any atom is 0.130 e. The quantitative estimate of drug-likeness (QED) is 0.299. The van der Waals surface area contributed by atoms with E-state index in [2.05, 4.69) is 26.3 Å². The molecule has 0 radical (unpaired) electrons. The number of likely N-dealkylation sites (tertiary alicyclic amines) is 1. The number of benzene rings is 2. The lowest BCUT2D eigenvalue weighted by molar-refractivity contribution is 0.0398. The van der Waals surface area contributed by atoms with Crippen LogP contribution in [-0.4, -0.2) is 71.5 Å². The van der Waals surface area contributed by atoms with Gasteiger partial charge in [-0.1, -0.05) is 18.2 Å². The lowest BCUT2D eigenvalue weighted by Gasteiger charge is -2.26. The highest BCUT2D eigenvalue weighted by molar-refractivity contribution is 5.94. The molecule has 2 aromatic carbocycles. The van der Waals surface area contributed by atoms with E-state index in [1.807, 2.05) is 29.2 Å². The minimum absolute atomic E-state index is 0.000378. The summed E-state index contributed by atoms with van der Waals surface area (Å²) in [6.45, 7) is 5.85. The Morgan fingerprint density at radius 1 is 1.24 bits per heavy atom. The molecule has 3 heterocycles. The van der Waals surface area contributed by atoms with E-state index < -0.39 is 0 Å². The van der Waals surface area contributed by atoms with Crippen LogP contribution >= 0.6 is 0 Å². The molecule has 2 aliphatic rings. The van der Waals surface area contributed by atoms with Gasteiger partial charge in [-0.25, -0.2) is 9.37 Å². The van der Waals surface area contributed by atoms with Gasteiger partial charge in [0.15, 0.2) is 0 Å². The van der Waals surface area contributed by atoms with Gasteiger partial charge in [0.1, 0.15) is 23.5 Å². The Morgan fingerprint density at radius 2 is 2.11 bits per heavy atom. The van der Waals surface area contributed by atoms with Crippen LogP contribution in [0.15, 0.2) is 54.7 Å². The molecule has 2 saturated heterocycles. The monoisotopic (exact) mass is 513 g/mol.